The fraction of sp³-hybridized carbons (Fsp3) is 0.474. The standard InChI is InChI=1S/C19H26N4O3S/c1-13(2)19(24)22-7-8-23-17(12-22)10-16(21-23)11-20-27(25,26)18-6-5-14(3)15(4)9-18/h5-6,9-10,13,20H,7-8,11-12H2,1-4H3. The van der Waals surface area contributed by atoms with Gasteiger partial charge in [-0.05, 0) is 43.2 Å². The normalized spacial score (nSPS) is 14.5. The molecule has 8 heteroatoms. The van der Waals surface area contributed by atoms with Crippen LogP contribution >= 0.6 is 0 Å². The largest absolute Gasteiger partial charge is 0.335 e. The van der Waals surface area contributed by atoms with Crippen LogP contribution in [-0.4, -0.2) is 35.6 Å². The van der Waals surface area contributed by atoms with Crippen molar-refractivity contribution in [3.8, 4) is 0 Å². The molecule has 27 heavy (non-hydrogen) atoms. The van der Waals surface area contributed by atoms with Crippen LogP contribution in [0.2, 0.25) is 0 Å². The van der Waals surface area contributed by atoms with Crippen LogP contribution in [0.5, 0.6) is 0 Å². The Labute approximate surface area is 160 Å². The Morgan fingerprint density at radius 2 is 1.93 bits per heavy atom. The molecule has 7 nitrogen and oxygen atoms in total. The first-order valence-electron chi connectivity index (χ1n) is 9.08. The molecule has 0 unspecified atom stereocenters. The van der Waals surface area contributed by atoms with Crippen molar-refractivity contribution in [2.24, 2.45) is 5.92 Å². The summed E-state index contributed by atoms with van der Waals surface area (Å²) in [7, 11) is -3.60. The van der Waals surface area contributed by atoms with E-state index in [0.29, 0.717) is 25.3 Å². The summed E-state index contributed by atoms with van der Waals surface area (Å²) in [4.78, 5) is 14.3. The van der Waals surface area contributed by atoms with Gasteiger partial charge < -0.3 is 4.90 Å². The summed E-state index contributed by atoms with van der Waals surface area (Å²) in [6, 6.07) is 6.95. The lowest BCUT2D eigenvalue weighted by atomic mass is 10.1. The third kappa shape index (κ3) is 4.22. The van der Waals surface area contributed by atoms with Gasteiger partial charge >= 0.3 is 0 Å². The van der Waals surface area contributed by atoms with Crippen LogP contribution in [0.1, 0.15) is 36.4 Å². The topological polar surface area (TPSA) is 84.3 Å². The zero-order valence-electron chi connectivity index (χ0n) is 16.2. The van der Waals surface area contributed by atoms with Crippen LogP contribution < -0.4 is 4.72 Å². The highest BCUT2D eigenvalue weighted by molar-refractivity contribution is 7.89. The zero-order chi connectivity index (χ0) is 19.8. The fourth-order valence-corrected chi connectivity index (χ4v) is 4.18. The Balaban J connectivity index is 1.69. The smallest absolute Gasteiger partial charge is 0.240 e. The first-order valence-corrected chi connectivity index (χ1v) is 10.6. The highest BCUT2D eigenvalue weighted by atomic mass is 32.2. The van der Waals surface area contributed by atoms with E-state index in [0.717, 1.165) is 16.8 Å². The predicted molar refractivity (Wildman–Crippen MR) is 102 cm³/mol. The van der Waals surface area contributed by atoms with Crippen LogP contribution in [0.15, 0.2) is 29.2 Å². The number of carbonyl (C=O) groups is 1. The Morgan fingerprint density at radius 1 is 1.19 bits per heavy atom. The summed E-state index contributed by atoms with van der Waals surface area (Å²) in [5, 5.41) is 4.47. The van der Waals surface area contributed by atoms with Gasteiger partial charge in [0.15, 0.2) is 0 Å². The molecule has 1 N–H and O–H groups in total. The highest BCUT2D eigenvalue weighted by Crippen LogP contribution is 2.18. The summed E-state index contributed by atoms with van der Waals surface area (Å²) in [6.45, 7) is 9.49. The molecular weight excluding hydrogens is 364 g/mol. The molecule has 0 aliphatic carbocycles. The maximum atomic E-state index is 12.5. The molecule has 1 amide bonds. The van der Waals surface area contributed by atoms with Crippen LogP contribution in [0.3, 0.4) is 0 Å². The molecule has 1 aliphatic heterocycles. The fourth-order valence-electron chi connectivity index (χ4n) is 3.10. The lowest BCUT2D eigenvalue weighted by Crippen LogP contribution is -2.40. The van der Waals surface area contributed by atoms with Gasteiger partial charge in [-0.3, -0.25) is 9.48 Å². The van der Waals surface area contributed by atoms with Crippen LogP contribution in [0.25, 0.3) is 0 Å². The number of hydrogen-bond acceptors (Lipinski definition) is 4. The van der Waals surface area contributed by atoms with Crippen molar-refractivity contribution >= 4 is 15.9 Å². The predicted octanol–water partition coefficient (Wildman–Crippen LogP) is 1.98. The molecule has 0 bridgehead atoms. The lowest BCUT2D eigenvalue weighted by Gasteiger charge is -2.29. The van der Waals surface area contributed by atoms with Crippen molar-refractivity contribution in [2.45, 2.75) is 52.2 Å². The Bertz CT molecular complexity index is 963. The van der Waals surface area contributed by atoms with Gasteiger partial charge in [0, 0.05) is 12.5 Å². The van der Waals surface area contributed by atoms with E-state index in [1.54, 1.807) is 18.2 Å². The van der Waals surface area contributed by atoms with E-state index >= 15 is 0 Å². The molecule has 0 saturated heterocycles. The van der Waals surface area contributed by atoms with Gasteiger partial charge in [-0.15, -0.1) is 0 Å². The number of sulfonamides is 1. The summed E-state index contributed by atoms with van der Waals surface area (Å²) in [5.74, 6) is 0.0863. The molecule has 0 fully saturated rings. The number of aromatic nitrogens is 2. The lowest BCUT2D eigenvalue weighted by molar-refractivity contribution is -0.136. The average Bonchev–Trinajstić information content (AvgIpc) is 3.03. The van der Waals surface area contributed by atoms with E-state index in [9.17, 15) is 13.2 Å². The summed E-state index contributed by atoms with van der Waals surface area (Å²) < 4.78 is 29.5. The van der Waals surface area contributed by atoms with E-state index in [2.05, 4.69) is 9.82 Å². The minimum Gasteiger partial charge on any atom is -0.335 e. The first kappa shape index (κ1) is 19.6. The number of rotatable bonds is 5. The number of carbonyl (C=O) groups excluding carboxylic acids is 1. The van der Waals surface area contributed by atoms with E-state index in [-0.39, 0.29) is 23.3 Å². The monoisotopic (exact) mass is 390 g/mol. The molecule has 146 valence electrons. The van der Waals surface area contributed by atoms with E-state index in [4.69, 9.17) is 0 Å². The number of nitrogens with one attached hydrogen (secondary N) is 1. The van der Waals surface area contributed by atoms with E-state index in [1.165, 1.54) is 0 Å². The van der Waals surface area contributed by atoms with Gasteiger partial charge in [0.05, 0.1) is 35.9 Å². The highest BCUT2D eigenvalue weighted by Gasteiger charge is 2.24. The third-order valence-electron chi connectivity index (χ3n) is 4.89. The Hall–Kier alpha value is -2.19. The minimum atomic E-state index is -3.60. The summed E-state index contributed by atoms with van der Waals surface area (Å²) in [6.07, 6.45) is 0. The molecule has 1 aromatic heterocycles. The molecule has 0 radical (unpaired) electrons. The Morgan fingerprint density at radius 3 is 2.59 bits per heavy atom. The maximum absolute atomic E-state index is 12.5. The molecule has 0 atom stereocenters. The van der Waals surface area contributed by atoms with Crippen molar-refractivity contribution in [2.75, 3.05) is 6.54 Å². The van der Waals surface area contributed by atoms with E-state index < -0.39 is 10.0 Å². The number of amides is 1. The van der Waals surface area contributed by atoms with Gasteiger partial charge in [0.2, 0.25) is 15.9 Å². The number of aryl methyl sites for hydroxylation is 2. The van der Waals surface area contributed by atoms with Gasteiger partial charge in [-0.2, -0.15) is 5.10 Å². The molecule has 2 aromatic rings. The second-order valence-corrected chi connectivity index (χ2v) is 9.10. The number of benzene rings is 1. The molecular formula is C19H26N4O3S. The third-order valence-corrected chi connectivity index (χ3v) is 6.28. The second-order valence-electron chi connectivity index (χ2n) is 7.34. The zero-order valence-corrected chi connectivity index (χ0v) is 17.0. The van der Waals surface area contributed by atoms with Gasteiger partial charge in [0.25, 0.3) is 0 Å². The maximum Gasteiger partial charge on any atom is 0.240 e. The van der Waals surface area contributed by atoms with Crippen molar-refractivity contribution in [1.82, 2.24) is 19.4 Å². The van der Waals surface area contributed by atoms with Crippen LogP contribution in [0.4, 0.5) is 0 Å². The molecule has 0 saturated carbocycles. The quantitative estimate of drug-likeness (QED) is 0.846. The van der Waals surface area contributed by atoms with Crippen LogP contribution in [-0.2, 0) is 34.5 Å². The van der Waals surface area contributed by atoms with Gasteiger partial charge in [-0.1, -0.05) is 19.9 Å². The average molecular weight is 391 g/mol. The summed E-state index contributed by atoms with van der Waals surface area (Å²) in [5.41, 5.74) is 3.56. The molecule has 2 heterocycles. The van der Waals surface area contributed by atoms with Crippen molar-refractivity contribution in [3.63, 3.8) is 0 Å². The molecule has 0 spiro atoms. The Kier molecular flexibility index (Phi) is 5.39. The second kappa shape index (κ2) is 7.44. The van der Waals surface area contributed by atoms with E-state index in [1.807, 2.05) is 43.3 Å². The van der Waals surface area contributed by atoms with Crippen molar-refractivity contribution < 1.29 is 13.2 Å². The first-order chi connectivity index (χ1) is 12.7. The van der Waals surface area contributed by atoms with Crippen molar-refractivity contribution in [1.29, 1.82) is 0 Å². The number of fused-ring (bicyclic) bond motifs is 1. The molecule has 1 aliphatic rings. The molecule has 3 rings (SSSR count). The SMILES string of the molecule is Cc1ccc(S(=O)(=O)NCc2cc3n(n2)CCN(C(=O)C(C)C)C3)cc1C. The number of hydrogen-bond donors (Lipinski definition) is 1. The minimum absolute atomic E-state index is 0.0382. The van der Waals surface area contributed by atoms with Crippen LogP contribution in [0, 0.1) is 19.8 Å². The number of nitrogens with zero attached hydrogens (tertiary/aromatic N) is 3. The van der Waals surface area contributed by atoms with Gasteiger partial charge in [-0.25, -0.2) is 13.1 Å². The molecule has 1 aromatic carbocycles. The van der Waals surface area contributed by atoms with Crippen molar-refractivity contribution in [3.05, 3.63) is 46.8 Å². The van der Waals surface area contributed by atoms with Gasteiger partial charge in [0.1, 0.15) is 0 Å². The summed E-state index contributed by atoms with van der Waals surface area (Å²) >= 11 is 0.